The Morgan fingerprint density at radius 3 is 2.55 bits per heavy atom. The first kappa shape index (κ1) is 12.9. The highest BCUT2D eigenvalue weighted by Gasteiger charge is 2.45. The van der Waals surface area contributed by atoms with Crippen molar-refractivity contribution >= 4 is 5.91 Å². The Kier molecular flexibility index (Phi) is 3.36. The van der Waals surface area contributed by atoms with Gasteiger partial charge in [0.25, 0.3) is 0 Å². The van der Waals surface area contributed by atoms with Crippen LogP contribution in [0.25, 0.3) is 0 Å². The summed E-state index contributed by atoms with van der Waals surface area (Å²) in [7, 11) is 0. The van der Waals surface area contributed by atoms with Gasteiger partial charge in [-0.15, -0.1) is 0 Å². The number of rotatable bonds is 6. The van der Waals surface area contributed by atoms with Crippen LogP contribution in [0.3, 0.4) is 0 Å². The average Bonchev–Trinajstić information content (AvgIpc) is 3.34. The number of amides is 1. The van der Waals surface area contributed by atoms with Crippen LogP contribution in [-0.2, 0) is 4.79 Å². The Hall–Kier alpha value is -0.790. The van der Waals surface area contributed by atoms with Gasteiger partial charge in [0, 0.05) is 19.0 Å². The molecule has 2 heteroatoms. The maximum atomic E-state index is 12.4. The summed E-state index contributed by atoms with van der Waals surface area (Å²) in [5.74, 6) is 4.41. The smallest absolute Gasteiger partial charge is 0.225 e. The molecular weight excluding hydrogens is 246 g/mol. The molecule has 0 heterocycles. The van der Waals surface area contributed by atoms with Crippen LogP contribution >= 0.6 is 0 Å². The first-order valence-electron chi connectivity index (χ1n) is 8.75. The van der Waals surface area contributed by atoms with Crippen molar-refractivity contribution in [3.05, 3.63) is 12.2 Å². The third-order valence-corrected chi connectivity index (χ3v) is 5.76. The van der Waals surface area contributed by atoms with Gasteiger partial charge >= 0.3 is 0 Å². The molecule has 4 aliphatic carbocycles. The molecule has 0 saturated heterocycles. The molecule has 0 N–H and O–H groups in total. The topological polar surface area (TPSA) is 20.3 Å². The van der Waals surface area contributed by atoms with Crippen LogP contribution in [-0.4, -0.2) is 23.9 Å². The predicted molar refractivity (Wildman–Crippen MR) is 80.1 cm³/mol. The highest BCUT2D eigenvalue weighted by Crippen LogP contribution is 2.49. The van der Waals surface area contributed by atoms with Gasteiger partial charge in [0.1, 0.15) is 0 Å². The van der Waals surface area contributed by atoms with E-state index in [1.54, 1.807) is 0 Å². The standard InChI is InChI=1S/C18H27NO/c20-18(15-8-9-15)19(11-13-6-7-13)12-16-10-17(16)14-4-2-1-3-5-14/h1-2,13-17H,3-12H2/t14?,16-,17?/m1/s1. The number of hydrogen-bond acceptors (Lipinski definition) is 1. The summed E-state index contributed by atoms with van der Waals surface area (Å²) < 4.78 is 0. The second kappa shape index (κ2) is 5.20. The van der Waals surface area contributed by atoms with Crippen molar-refractivity contribution in [1.29, 1.82) is 0 Å². The summed E-state index contributed by atoms with van der Waals surface area (Å²) in [6.07, 6.45) is 15.1. The fraction of sp³-hybridized carbons (Fsp3) is 0.833. The Morgan fingerprint density at radius 2 is 1.90 bits per heavy atom. The van der Waals surface area contributed by atoms with Crippen LogP contribution in [0.5, 0.6) is 0 Å². The van der Waals surface area contributed by atoms with Crippen LogP contribution in [0.15, 0.2) is 12.2 Å². The summed E-state index contributed by atoms with van der Waals surface area (Å²) >= 11 is 0. The Morgan fingerprint density at radius 1 is 1.05 bits per heavy atom. The zero-order chi connectivity index (χ0) is 13.5. The van der Waals surface area contributed by atoms with Crippen LogP contribution in [0.4, 0.5) is 0 Å². The minimum absolute atomic E-state index is 0.406. The fourth-order valence-corrected chi connectivity index (χ4v) is 4.00. The molecule has 0 aliphatic heterocycles. The van der Waals surface area contributed by atoms with E-state index < -0.39 is 0 Å². The van der Waals surface area contributed by atoms with Crippen LogP contribution in [0.2, 0.25) is 0 Å². The Bertz CT molecular complexity index is 408. The van der Waals surface area contributed by atoms with Gasteiger partial charge in [-0.3, -0.25) is 4.79 Å². The lowest BCUT2D eigenvalue weighted by Gasteiger charge is -2.24. The van der Waals surface area contributed by atoms with Crippen LogP contribution in [0, 0.1) is 29.6 Å². The van der Waals surface area contributed by atoms with Gasteiger partial charge in [0.05, 0.1) is 0 Å². The molecule has 3 fully saturated rings. The molecule has 1 amide bonds. The van der Waals surface area contributed by atoms with E-state index >= 15 is 0 Å². The largest absolute Gasteiger partial charge is 0.342 e. The second-order valence-electron chi connectivity index (χ2n) is 7.67. The fourth-order valence-electron chi connectivity index (χ4n) is 4.00. The molecule has 110 valence electrons. The van der Waals surface area contributed by atoms with Gasteiger partial charge in [0.2, 0.25) is 5.91 Å². The molecule has 0 aromatic rings. The lowest BCUT2D eigenvalue weighted by atomic mass is 9.89. The first-order valence-corrected chi connectivity index (χ1v) is 8.75. The summed E-state index contributed by atoms with van der Waals surface area (Å²) in [6, 6.07) is 0. The lowest BCUT2D eigenvalue weighted by molar-refractivity contribution is -0.133. The molecule has 2 unspecified atom stereocenters. The zero-order valence-corrected chi connectivity index (χ0v) is 12.5. The number of allylic oxidation sites excluding steroid dienone is 2. The van der Waals surface area contributed by atoms with E-state index in [2.05, 4.69) is 17.1 Å². The number of nitrogens with zero attached hydrogens (tertiary/aromatic N) is 1. The van der Waals surface area contributed by atoms with Crippen molar-refractivity contribution in [1.82, 2.24) is 4.90 Å². The molecule has 2 nitrogen and oxygen atoms in total. The van der Waals surface area contributed by atoms with Gasteiger partial charge in [0.15, 0.2) is 0 Å². The molecule has 3 saturated carbocycles. The van der Waals surface area contributed by atoms with E-state index in [4.69, 9.17) is 0 Å². The van der Waals surface area contributed by atoms with E-state index in [-0.39, 0.29) is 0 Å². The van der Waals surface area contributed by atoms with E-state index in [1.807, 2.05) is 0 Å². The minimum atomic E-state index is 0.406. The third kappa shape index (κ3) is 2.94. The quantitative estimate of drug-likeness (QED) is 0.677. The summed E-state index contributed by atoms with van der Waals surface area (Å²) in [5, 5.41) is 0. The predicted octanol–water partition coefficient (Wildman–Crippen LogP) is 3.63. The summed E-state index contributed by atoms with van der Waals surface area (Å²) in [5.41, 5.74) is 0. The Labute approximate surface area is 122 Å². The molecule has 3 atom stereocenters. The zero-order valence-electron chi connectivity index (χ0n) is 12.5. The molecule has 0 aromatic carbocycles. The van der Waals surface area contributed by atoms with Gasteiger partial charge in [-0.1, -0.05) is 12.2 Å². The van der Waals surface area contributed by atoms with Gasteiger partial charge in [-0.2, -0.15) is 0 Å². The highest BCUT2D eigenvalue weighted by atomic mass is 16.2. The third-order valence-electron chi connectivity index (χ3n) is 5.76. The van der Waals surface area contributed by atoms with Crippen molar-refractivity contribution in [2.45, 2.75) is 51.4 Å². The highest BCUT2D eigenvalue weighted by molar-refractivity contribution is 5.81. The number of hydrogen-bond donors (Lipinski definition) is 0. The molecule has 0 spiro atoms. The van der Waals surface area contributed by atoms with Crippen molar-refractivity contribution in [3.63, 3.8) is 0 Å². The van der Waals surface area contributed by atoms with E-state index in [1.165, 1.54) is 38.5 Å². The first-order chi connectivity index (χ1) is 9.81. The van der Waals surface area contributed by atoms with Gasteiger partial charge < -0.3 is 4.90 Å². The maximum Gasteiger partial charge on any atom is 0.225 e. The summed E-state index contributed by atoms with van der Waals surface area (Å²) in [6.45, 7) is 2.15. The molecule has 4 rings (SSSR count). The SMILES string of the molecule is O=C(C1CC1)N(CC1CC1)C[C@H]1CC1C1CC=CCC1. The number of carbonyl (C=O) groups is 1. The molecule has 0 radical (unpaired) electrons. The van der Waals surface area contributed by atoms with Crippen molar-refractivity contribution in [2.75, 3.05) is 13.1 Å². The molecule has 4 aliphatic rings. The normalized spacial score (nSPS) is 35.9. The van der Waals surface area contributed by atoms with E-state index in [0.717, 1.165) is 49.6 Å². The van der Waals surface area contributed by atoms with E-state index in [9.17, 15) is 4.79 Å². The van der Waals surface area contributed by atoms with Crippen LogP contribution in [0.1, 0.15) is 51.4 Å². The van der Waals surface area contributed by atoms with Crippen molar-refractivity contribution < 1.29 is 4.79 Å². The van der Waals surface area contributed by atoms with Crippen LogP contribution < -0.4 is 0 Å². The monoisotopic (exact) mass is 273 g/mol. The molecular formula is C18H27NO. The summed E-state index contributed by atoms with van der Waals surface area (Å²) in [4.78, 5) is 14.7. The molecule has 20 heavy (non-hydrogen) atoms. The van der Waals surface area contributed by atoms with E-state index in [0.29, 0.717) is 11.8 Å². The average molecular weight is 273 g/mol. The Balaban J connectivity index is 1.31. The molecule has 0 aromatic heterocycles. The second-order valence-corrected chi connectivity index (χ2v) is 7.67. The maximum absolute atomic E-state index is 12.4. The number of carbonyl (C=O) groups excluding carboxylic acids is 1. The lowest BCUT2D eigenvalue weighted by Crippen LogP contribution is -2.36. The molecule has 0 bridgehead atoms. The van der Waals surface area contributed by atoms with Gasteiger partial charge in [-0.05, 0) is 75.0 Å². The van der Waals surface area contributed by atoms with Crippen molar-refractivity contribution in [3.8, 4) is 0 Å². The minimum Gasteiger partial charge on any atom is -0.342 e. The van der Waals surface area contributed by atoms with Gasteiger partial charge in [-0.25, -0.2) is 0 Å². The van der Waals surface area contributed by atoms with Crippen molar-refractivity contribution in [2.24, 2.45) is 29.6 Å².